The number of carbonyl (C=O) groups is 1. The Labute approximate surface area is 112 Å². The summed E-state index contributed by atoms with van der Waals surface area (Å²) in [5.41, 5.74) is 5.23. The van der Waals surface area contributed by atoms with E-state index in [-0.39, 0.29) is 10.8 Å². The summed E-state index contributed by atoms with van der Waals surface area (Å²) < 4.78 is 27.8. The van der Waals surface area contributed by atoms with E-state index in [0.29, 0.717) is 31.9 Å². The van der Waals surface area contributed by atoms with Crippen molar-refractivity contribution < 1.29 is 17.9 Å². The summed E-state index contributed by atoms with van der Waals surface area (Å²) in [4.78, 5) is 11.3. The van der Waals surface area contributed by atoms with E-state index in [1.165, 1.54) is 12.1 Å². The Kier molecular flexibility index (Phi) is 5.78. The van der Waals surface area contributed by atoms with Crippen LogP contribution in [0, 0.1) is 0 Å². The van der Waals surface area contributed by atoms with E-state index >= 15 is 0 Å². The third-order valence-electron chi connectivity index (χ3n) is 2.32. The first-order chi connectivity index (χ1) is 8.93. The first-order valence-corrected chi connectivity index (χ1v) is 7.72. The average molecular weight is 286 g/mol. The molecule has 0 saturated carbocycles. The van der Waals surface area contributed by atoms with E-state index < -0.39 is 9.84 Å². The molecule has 0 bridgehead atoms. The minimum Gasteiger partial charge on any atom is -0.492 e. The van der Waals surface area contributed by atoms with Crippen LogP contribution >= 0.6 is 0 Å². The zero-order valence-electron chi connectivity index (χ0n) is 10.8. The first kappa shape index (κ1) is 15.5. The van der Waals surface area contributed by atoms with Crippen LogP contribution in [0.2, 0.25) is 0 Å². The van der Waals surface area contributed by atoms with Crippen LogP contribution in [0.25, 0.3) is 0 Å². The van der Waals surface area contributed by atoms with Crippen molar-refractivity contribution in [2.24, 2.45) is 5.73 Å². The molecule has 1 aromatic rings. The van der Waals surface area contributed by atoms with Crippen LogP contribution in [0.5, 0.6) is 5.75 Å². The average Bonchev–Trinajstić information content (AvgIpc) is 2.34. The second-order valence-corrected chi connectivity index (χ2v) is 6.00. The lowest BCUT2D eigenvalue weighted by Gasteiger charge is -2.08. The lowest BCUT2D eigenvalue weighted by atomic mass is 10.3. The lowest BCUT2D eigenvalue weighted by Crippen LogP contribution is -2.29. The van der Waals surface area contributed by atoms with E-state index in [4.69, 9.17) is 10.5 Å². The van der Waals surface area contributed by atoms with Crippen LogP contribution in [0.4, 0.5) is 0 Å². The first-order valence-electron chi connectivity index (χ1n) is 5.83. The third-order valence-corrected chi connectivity index (χ3v) is 3.44. The van der Waals surface area contributed by atoms with Gasteiger partial charge in [0.15, 0.2) is 9.84 Å². The minimum absolute atomic E-state index is 0.112. The highest BCUT2D eigenvalue weighted by atomic mass is 32.2. The van der Waals surface area contributed by atoms with E-state index in [1.807, 2.05) is 0 Å². The zero-order chi connectivity index (χ0) is 14.3. The van der Waals surface area contributed by atoms with Gasteiger partial charge < -0.3 is 15.8 Å². The maximum atomic E-state index is 11.2. The quantitative estimate of drug-likeness (QED) is 0.684. The number of sulfone groups is 1. The number of amides is 1. The second-order valence-electron chi connectivity index (χ2n) is 3.98. The summed E-state index contributed by atoms with van der Waals surface area (Å²) in [5, 5.41) is 2.65. The minimum atomic E-state index is -3.19. The van der Waals surface area contributed by atoms with Gasteiger partial charge in [-0.15, -0.1) is 0 Å². The van der Waals surface area contributed by atoms with Gasteiger partial charge in [-0.1, -0.05) is 0 Å². The molecular weight excluding hydrogens is 268 g/mol. The van der Waals surface area contributed by atoms with Crippen LogP contribution < -0.4 is 15.8 Å². The molecule has 0 aliphatic carbocycles. The highest BCUT2D eigenvalue weighted by Crippen LogP contribution is 2.15. The van der Waals surface area contributed by atoms with Crippen molar-refractivity contribution in [3.05, 3.63) is 24.3 Å². The molecule has 0 atom stereocenters. The molecule has 1 rings (SSSR count). The van der Waals surface area contributed by atoms with Gasteiger partial charge in [-0.25, -0.2) is 8.42 Å². The number of carbonyl (C=O) groups excluding carboxylic acids is 1. The Morgan fingerprint density at radius 2 is 1.95 bits per heavy atom. The number of hydrogen-bond donors (Lipinski definition) is 2. The molecule has 1 amide bonds. The number of benzene rings is 1. The van der Waals surface area contributed by atoms with Gasteiger partial charge in [0.1, 0.15) is 12.4 Å². The van der Waals surface area contributed by atoms with Gasteiger partial charge in [-0.3, -0.25) is 4.79 Å². The second kappa shape index (κ2) is 7.10. The summed E-state index contributed by atoms with van der Waals surface area (Å²) in [6.07, 6.45) is 1.44. The molecule has 1 aromatic carbocycles. The molecule has 0 fully saturated rings. The number of nitrogens with one attached hydrogen (secondary N) is 1. The van der Waals surface area contributed by atoms with Crippen molar-refractivity contribution in [3.63, 3.8) is 0 Å². The van der Waals surface area contributed by atoms with Gasteiger partial charge in [-0.05, 0) is 24.3 Å². The van der Waals surface area contributed by atoms with E-state index in [1.54, 1.807) is 12.1 Å². The molecule has 0 spiro atoms. The van der Waals surface area contributed by atoms with Gasteiger partial charge in [0, 0.05) is 19.2 Å². The molecule has 19 heavy (non-hydrogen) atoms. The molecule has 0 aliphatic heterocycles. The van der Waals surface area contributed by atoms with Crippen molar-refractivity contribution >= 4 is 15.7 Å². The highest BCUT2D eigenvalue weighted by Gasteiger charge is 2.06. The number of rotatable bonds is 7. The number of nitrogens with two attached hydrogens (primary N) is 1. The summed E-state index contributed by atoms with van der Waals surface area (Å²) >= 11 is 0. The standard InChI is InChI=1S/C12H18N2O4S/c1-19(16,17)11-4-2-10(3-5-11)18-9-8-14-12(15)6-7-13/h2-5H,6-9,13H2,1H3,(H,14,15). The summed E-state index contributed by atoms with van der Waals surface area (Å²) in [5.74, 6) is 0.444. The molecule has 0 radical (unpaired) electrons. The Morgan fingerprint density at radius 1 is 1.32 bits per heavy atom. The van der Waals surface area contributed by atoms with Crippen molar-refractivity contribution in [3.8, 4) is 5.75 Å². The Hall–Kier alpha value is -1.60. The van der Waals surface area contributed by atoms with Gasteiger partial charge >= 0.3 is 0 Å². The van der Waals surface area contributed by atoms with Crippen LogP contribution in [0.1, 0.15) is 6.42 Å². The SMILES string of the molecule is CS(=O)(=O)c1ccc(OCCNC(=O)CCN)cc1. The fraction of sp³-hybridized carbons (Fsp3) is 0.417. The molecule has 0 heterocycles. The fourth-order valence-corrected chi connectivity index (χ4v) is 1.99. The molecule has 3 N–H and O–H groups in total. The molecule has 0 unspecified atom stereocenters. The molecule has 0 aliphatic rings. The van der Waals surface area contributed by atoms with Gasteiger partial charge in [0.05, 0.1) is 11.4 Å². The highest BCUT2D eigenvalue weighted by molar-refractivity contribution is 7.90. The van der Waals surface area contributed by atoms with Crippen LogP contribution in [0.15, 0.2) is 29.2 Å². The Balaban J connectivity index is 2.37. The summed E-state index contributed by atoms with van der Waals surface area (Å²) in [6, 6.07) is 6.13. The molecule has 0 saturated heterocycles. The predicted molar refractivity (Wildman–Crippen MR) is 71.7 cm³/mol. The number of ether oxygens (including phenoxy) is 1. The molecule has 106 valence electrons. The Bertz CT molecular complexity index is 511. The molecule has 0 aromatic heterocycles. The van der Waals surface area contributed by atoms with Gasteiger partial charge in [-0.2, -0.15) is 0 Å². The largest absolute Gasteiger partial charge is 0.492 e. The van der Waals surface area contributed by atoms with Gasteiger partial charge in [0.25, 0.3) is 0 Å². The summed E-state index contributed by atoms with van der Waals surface area (Å²) in [6.45, 7) is 1.01. The molecular formula is C12H18N2O4S. The number of hydrogen-bond acceptors (Lipinski definition) is 5. The topological polar surface area (TPSA) is 98.5 Å². The van der Waals surface area contributed by atoms with Crippen LogP contribution in [-0.2, 0) is 14.6 Å². The van der Waals surface area contributed by atoms with Crippen molar-refractivity contribution in [2.75, 3.05) is 26.0 Å². The zero-order valence-corrected chi connectivity index (χ0v) is 11.6. The smallest absolute Gasteiger partial charge is 0.221 e. The van der Waals surface area contributed by atoms with E-state index in [9.17, 15) is 13.2 Å². The summed E-state index contributed by atoms with van der Waals surface area (Å²) in [7, 11) is -3.19. The van der Waals surface area contributed by atoms with E-state index in [2.05, 4.69) is 5.32 Å². The molecule has 6 nitrogen and oxygen atoms in total. The lowest BCUT2D eigenvalue weighted by molar-refractivity contribution is -0.120. The van der Waals surface area contributed by atoms with Crippen molar-refractivity contribution in [1.82, 2.24) is 5.32 Å². The molecule has 7 heteroatoms. The van der Waals surface area contributed by atoms with E-state index in [0.717, 1.165) is 6.26 Å². The van der Waals surface area contributed by atoms with Crippen molar-refractivity contribution in [2.45, 2.75) is 11.3 Å². The fourth-order valence-electron chi connectivity index (χ4n) is 1.36. The Morgan fingerprint density at radius 3 is 2.47 bits per heavy atom. The van der Waals surface area contributed by atoms with Crippen LogP contribution in [0.3, 0.4) is 0 Å². The maximum absolute atomic E-state index is 11.2. The normalized spacial score (nSPS) is 11.1. The van der Waals surface area contributed by atoms with Crippen molar-refractivity contribution in [1.29, 1.82) is 0 Å². The maximum Gasteiger partial charge on any atom is 0.221 e. The third kappa shape index (κ3) is 5.71. The van der Waals surface area contributed by atoms with Gasteiger partial charge in [0.2, 0.25) is 5.91 Å². The predicted octanol–water partition coefficient (Wildman–Crippen LogP) is -0.0661. The van der Waals surface area contributed by atoms with Crippen LogP contribution in [-0.4, -0.2) is 40.3 Å². The monoisotopic (exact) mass is 286 g/mol.